The number of carboxylic acid groups (broad SMARTS) is 1. The van der Waals surface area contributed by atoms with Crippen molar-refractivity contribution < 1.29 is 9.90 Å². The topological polar surface area (TPSA) is 56.3 Å². The number of nitrogens with one attached hydrogen (secondary N) is 1. The SMILES string of the molecule is Cl.O=C(O)CN1CCCCC1c1cc2ccccc2[nH]1. The van der Waals surface area contributed by atoms with E-state index in [1.807, 2.05) is 12.1 Å². The first-order valence-corrected chi connectivity index (χ1v) is 6.77. The molecule has 1 fully saturated rings. The number of likely N-dealkylation sites (tertiary alicyclic amines) is 1. The highest BCUT2D eigenvalue weighted by Crippen LogP contribution is 2.31. The molecule has 0 aliphatic carbocycles. The number of nitrogens with zero attached hydrogens (tertiary/aromatic N) is 1. The first kappa shape index (κ1) is 14.9. The number of aliphatic carboxylic acids is 1. The van der Waals surface area contributed by atoms with Gasteiger partial charge in [-0.15, -0.1) is 12.4 Å². The number of fused-ring (bicyclic) bond motifs is 1. The van der Waals surface area contributed by atoms with E-state index in [0.29, 0.717) is 0 Å². The highest BCUT2D eigenvalue weighted by atomic mass is 35.5. The summed E-state index contributed by atoms with van der Waals surface area (Å²) in [5, 5.41) is 10.2. The molecule has 20 heavy (non-hydrogen) atoms. The Morgan fingerprint density at radius 2 is 2.15 bits per heavy atom. The molecule has 3 rings (SSSR count). The second-order valence-corrected chi connectivity index (χ2v) is 5.19. The van der Waals surface area contributed by atoms with Gasteiger partial charge in [0, 0.05) is 11.2 Å². The number of para-hydroxylation sites is 1. The first-order chi connectivity index (χ1) is 9.24. The maximum atomic E-state index is 11.0. The molecule has 4 nitrogen and oxygen atoms in total. The van der Waals surface area contributed by atoms with Crippen LogP contribution < -0.4 is 0 Å². The molecule has 108 valence electrons. The van der Waals surface area contributed by atoms with E-state index in [4.69, 9.17) is 5.11 Å². The van der Waals surface area contributed by atoms with Crippen LogP contribution >= 0.6 is 12.4 Å². The minimum absolute atomic E-state index is 0. The Kier molecular flexibility index (Phi) is 4.68. The molecule has 0 bridgehead atoms. The number of rotatable bonds is 3. The summed E-state index contributed by atoms with van der Waals surface area (Å²) in [6, 6.07) is 10.5. The van der Waals surface area contributed by atoms with E-state index >= 15 is 0 Å². The van der Waals surface area contributed by atoms with Crippen molar-refractivity contribution in [2.75, 3.05) is 13.1 Å². The highest BCUT2D eigenvalue weighted by Gasteiger charge is 2.26. The molecule has 2 N–H and O–H groups in total. The van der Waals surface area contributed by atoms with Crippen LogP contribution in [0.2, 0.25) is 0 Å². The summed E-state index contributed by atoms with van der Waals surface area (Å²) >= 11 is 0. The Morgan fingerprint density at radius 3 is 2.90 bits per heavy atom. The third kappa shape index (κ3) is 2.97. The molecule has 5 heteroatoms. The van der Waals surface area contributed by atoms with Crippen molar-refractivity contribution in [2.45, 2.75) is 25.3 Å². The third-order valence-corrected chi connectivity index (χ3v) is 3.86. The lowest BCUT2D eigenvalue weighted by Crippen LogP contribution is -2.37. The molecule has 0 saturated carbocycles. The van der Waals surface area contributed by atoms with Gasteiger partial charge in [0.05, 0.1) is 12.6 Å². The molecule has 0 spiro atoms. The molecular weight excluding hydrogens is 276 g/mol. The zero-order valence-corrected chi connectivity index (χ0v) is 12.0. The van der Waals surface area contributed by atoms with Crippen molar-refractivity contribution in [3.63, 3.8) is 0 Å². The molecule has 1 aliphatic heterocycles. The number of hydrogen-bond donors (Lipinski definition) is 2. The van der Waals surface area contributed by atoms with Gasteiger partial charge >= 0.3 is 5.97 Å². The van der Waals surface area contributed by atoms with Gasteiger partial charge in [-0.1, -0.05) is 24.6 Å². The van der Waals surface area contributed by atoms with Gasteiger partial charge in [0.1, 0.15) is 0 Å². The number of H-pyrrole nitrogens is 1. The molecule has 1 atom stereocenters. The summed E-state index contributed by atoms with van der Waals surface area (Å²) in [5.74, 6) is -0.747. The van der Waals surface area contributed by atoms with Crippen molar-refractivity contribution in [3.8, 4) is 0 Å². The van der Waals surface area contributed by atoms with Crippen LogP contribution in [0, 0.1) is 0 Å². The molecule has 1 unspecified atom stereocenters. The van der Waals surface area contributed by atoms with Crippen molar-refractivity contribution in [1.82, 2.24) is 9.88 Å². The number of piperidine rings is 1. The Bertz CT molecular complexity index is 563. The minimum Gasteiger partial charge on any atom is -0.480 e. The summed E-state index contributed by atoms with van der Waals surface area (Å²) in [4.78, 5) is 16.5. The third-order valence-electron chi connectivity index (χ3n) is 3.86. The zero-order valence-electron chi connectivity index (χ0n) is 11.2. The number of hydrogen-bond acceptors (Lipinski definition) is 2. The van der Waals surface area contributed by atoms with Crippen molar-refractivity contribution in [2.24, 2.45) is 0 Å². The van der Waals surface area contributed by atoms with Crippen LogP contribution in [0.4, 0.5) is 0 Å². The van der Waals surface area contributed by atoms with E-state index in [9.17, 15) is 4.79 Å². The molecule has 1 aromatic carbocycles. The van der Waals surface area contributed by atoms with Crippen LogP contribution in [0.3, 0.4) is 0 Å². The van der Waals surface area contributed by atoms with Crippen LogP contribution in [-0.4, -0.2) is 34.0 Å². The minimum atomic E-state index is -0.747. The van der Waals surface area contributed by atoms with E-state index in [-0.39, 0.29) is 25.0 Å². The second-order valence-electron chi connectivity index (χ2n) is 5.19. The average Bonchev–Trinajstić information content (AvgIpc) is 2.82. The molecule has 2 aromatic rings. The predicted molar refractivity (Wildman–Crippen MR) is 81.3 cm³/mol. The number of carboxylic acids is 1. The molecule has 2 heterocycles. The molecule has 1 saturated heterocycles. The van der Waals surface area contributed by atoms with E-state index in [0.717, 1.165) is 37.0 Å². The Labute approximate surface area is 124 Å². The van der Waals surface area contributed by atoms with Gasteiger partial charge in [0.25, 0.3) is 0 Å². The fourth-order valence-electron chi connectivity index (χ4n) is 2.98. The summed E-state index contributed by atoms with van der Waals surface area (Å²) < 4.78 is 0. The van der Waals surface area contributed by atoms with Gasteiger partial charge in [0.2, 0.25) is 0 Å². The van der Waals surface area contributed by atoms with Gasteiger partial charge in [-0.25, -0.2) is 0 Å². The van der Waals surface area contributed by atoms with Crippen LogP contribution in [0.1, 0.15) is 31.0 Å². The van der Waals surface area contributed by atoms with Crippen LogP contribution in [-0.2, 0) is 4.79 Å². The summed E-state index contributed by atoms with van der Waals surface area (Å²) in [6.07, 6.45) is 3.28. The largest absolute Gasteiger partial charge is 0.480 e. The van der Waals surface area contributed by atoms with Gasteiger partial charge in [-0.3, -0.25) is 9.69 Å². The number of aromatic nitrogens is 1. The quantitative estimate of drug-likeness (QED) is 0.914. The maximum absolute atomic E-state index is 11.0. The molecule has 1 aliphatic rings. The van der Waals surface area contributed by atoms with Gasteiger partial charge in [-0.05, 0) is 36.9 Å². The van der Waals surface area contributed by atoms with Crippen LogP contribution in [0.25, 0.3) is 10.9 Å². The molecule has 0 amide bonds. The van der Waals surface area contributed by atoms with Gasteiger partial charge in [-0.2, -0.15) is 0 Å². The summed E-state index contributed by atoms with van der Waals surface area (Å²) in [5.41, 5.74) is 2.26. The summed E-state index contributed by atoms with van der Waals surface area (Å²) in [7, 11) is 0. The number of benzene rings is 1. The van der Waals surface area contributed by atoms with E-state index in [1.54, 1.807) is 0 Å². The standard InChI is InChI=1S/C15H18N2O2.ClH/c18-15(19)10-17-8-4-3-7-14(17)13-9-11-5-1-2-6-12(11)16-13;/h1-2,5-6,9,14,16H,3-4,7-8,10H2,(H,18,19);1H. The highest BCUT2D eigenvalue weighted by molar-refractivity contribution is 5.85. The Morgan fingerprint density at radius 1 is 1.35 bits per heavy atom. The number of halogens is 1. The molecule has 1 aromatic heterocycles. The second kappa shape index (κ2) is 6.29. The van der Waals surface area contributed by atoms with E-state index < -0.39 is 5.97 Å². The molecule has 0 radical (unpaired) electrons. The van der Waals surface area contributed by atoms with Gasteiger partial charge < -0.3 is 10.1 Å². The fraction of sp³-hybridized carbons (Fsp3) is 0.400. The Hall–Kier alpha value is -1.52. The van der Waals surface area contributed by atoms with Crippen LogP contribution in [0.5, 0.6) is 0 Å². The monoisotopic (exact) mass is 294 g/mol. The fourth-order valence-corrected chi connectivity index (χ4v) is 2.98. The lowest BCUT2D eigenvalue weighted by atomic mass is 9.99. The lowest BCUT2D eigenvalue weighted by molar-refractivity contribution is -0.139. The number of aromatic amines is 1. The molecular formula is C15H19ClN2O2. The van der Waals surface area contributed by atoms with Crippen molar-refractivity contribution in [1.29, 1.82) is 0 Å². The van der Waals surface area contributed by atoms with Gasteiger partial charge in [0.15, 0.2) is 0 Å². The average molecular weight is 295 g/mol. The maximum Gasteiger partial charge on any atom is 0.317 e. The van der Waals surface area contributed by atoms with Crippen LogP contribution in [0.15, 0.2) is 30.3 Å². The zero-order chi connectivity index (χ0) is 13.2. The normalized spacial score (nSPS) is 19.7. The number of carbonyl (C=O) groups is 1. The van der Waals surface area contributed by atoms with E-state index in [2.05, 4.69) is 28.1 Å². The summed E-state index contributed by atoms with van der Waals surface area (Å²) in [6.45, 7) is 0.992. The van der Waals surface area contributed by atoms with Crippen molar-refractivity contribution >= 4 is 29.3 Å². The lowest BCUT2D eigenvalue weighted by Gasteiger charge is -2.33. The first-order valence-electron chi connectivity index (χ1n) is 6.77. The van der Waals surface area contributed by atoms with E-state index in [1.165, 1.54) is 5.39 Å². The Balaban J connectivity index is 0.00000147. The van der Waals surface area contributed by atoms with Crippen molar-refractivity contribution in [3.05, 3.63) is 36.0 Å². The smallest absolute Gasteiger partial charge is 0.317 e. The predicted octanol–water partition coefficient (Wildman–Crippen LogP) is 3.20.